The molecule has 0 aliphatic carbocycles. The van der Waals surface area contributed by atoms with Gasteiger partial charge in [0.2, 0.25) is 0 Å². The molecule has 0 saturated carbocycles. The van der Waals surface area contributed by atoms with Gasteiger partial charge in [-0.15, -0.1) is 0 Å². The first-order valence-electron chi connectivity index (χ1n) is 6.84. The molecule has 100 valence electrons. The minimum Gasteiger partial charge on any atom is -0.399 e. The smallest absolute Gasteiger partial charge is 0.0367 e. The Labute approximate surface area is 119 Å². The molecule has 20 heavy (non-hydrogen) atoms. The summed E-state index contributed by atoms with van der Waals surface area (Å²) < 4.78 is 0. The molecule has 0 saturated heterocycles. The lowest BCUT2D eigenvalue weighted by Crippen LogP contribution is -1.99. The third kappa shape index (κ3) is 2.45. The van der Waals surface area contributed by atoms with Crippen LogP contribution in [0.5, 0.6) is 0 Å². The lowest BCUT2D eigenvalue weighted by atomic mass is 9.98. The molecule has 3 aromatic rings. The van der Waals surface area contributed by atoms with E-state index in [4.69, 9.17) is 11.5 Å². The highest BCUT2D eigenvalue weighted by Gasteiger charge is 2.03. The number of rotatable bonds is 3. The van der Waals surface area contributed by atoms with Gasteiger partial charge in [0.25, 0.3) is 0 Å². The fraction of sp³-hybridized carbons (Fsp3) is 0.111. The van der Waals surface area contributed by atoms with Crippen molar-refractivity contribution in [2.75, 3.05) is 11.5 Å². The monoisotopic (exact) mass is 262 g/mol. The van der Waals surface area contributed by atoms with Gasteiger partial charge in [0, 0.05) is 11.4 Å². The number of benzene rings is 3. The Morgan fingerprint density at radius 3 is 2.30 bits per heavy atom. The number of hydrogen-bond acceptors (Lipinski definition) is 2. The summed E-state index contributed by atoms with van der Waals surface area (Å²) >= 11 is 0. The Morgan fingerprint density at radius 2 is 1.45 bits per heavy atom. The van der Waals surface area contributed by atoms with Gasteiger partial charge in [-0.2, -0.15) is 0 Å². The van der Waals surface area contributed by atoms with Crippen molar-refractivity contribution < 1.29 is 0 Å². The molecule has 0 radical (unpaired) electrons. The first-order chi connectivity index (χ1) is 9.74. The Kier molecular flexibility index (Phi) is 3.30. The van der Waals surface area contributed by atoms with Crippen molar-refractivity contribution in [1.82, 2.24) is 0 Å². The largest absolute Gasteiger partial charge is 0.399 e. The van der Waals surface area contributed by atoms with Crippen molar-refractivity contribution in [3.8, 4) is 0 Å². The molecule has 3 rings (SSSR count). The summed E-state index contributed by atoms with van der Waals surface area (Å²) in [5, 5.41) is 2.61. The molecule has 0 aliphatic rings. The number of aryl methyl sites for hydroxylation is 2. The molecule has 0 fully saturated rings. The fourth-order valence-corrected chi connectivity index (χ4v) is 2.62. The van der Waals surface area contributed by atoms with Crippen LogP contribution in [0, 0.1) is 0 Å². The van der Waals surface area contributed by atoms with E-state index in [1.807, 2.05) is 18.2 Å². The van der Waals surface area contributed by atoms with Crippen LogP contribution in [0.4, 0.5) is 11.4 Å². The van der Waals surface area contributed by atoms with E-state index in [1.54, 1.807) is 0 Å². The average Bonchev–Trinajstić information content (AvgIpc) is 2.46. The second kappa shape index (κ2) is 5.25. The predicted molar refractivity (Wildman–Crippen MR) is 86.6 cm³/mol. The second-order valence-corrected chi connectivity index (χ2v) is 5.10. The topological polar surface area (TPSA) is 52.0 Å². The quantitative estimate of drug-likeness (QED) is 0.706. The molecular formula is C18H18N2. The Bertz CT molecular complexity index is 742. The first-order valence-corrected chi connectivity index (χ1v) is 6.84. The van der Waals surface area contributed by atoms with Crippen LogP contribution in [-0.4, -0.2) is 0 Å². The van der Waals surface area contributed by atoms with Gasteiger partial charge in [-0.1, -0.05) is 48.5 Å². The fourth-order valence-electron chi connectivity index (χ4n) is 2.62. The number of nitrogens with two attached hydrogens (primary N) is 2. The van der Waals surface area contributed by atoms with Gasteiger partial charge in [-0.25, -0.2) is 0 Å². The first kappa shape index (κ1) is 12.5. The SMILES string of the molecule is Nc1ccc(CCc2cccc3ccccc23)c(N)c1. The van der Waals surface area contributed by atoms with Crippen LogP contribution in [0.15, 0.2) is 60.7 Å². The van der Waals surface area contributed by atoms with Crippen molar-refractivity contribution in [2.45, 2.75) is 12.8 Å². The van der Waals surface area contributed by atoms with E-state index in [2.05, 4.69) is 42.5 Å². The molecule has 2 heteroatoms. The van der Waals surface area contributed by atoms with Crippen molar-refractivity contribution in [3.05, 3.63) is 71.8 Å². The summed E-state index contributed by atoms with van der Waals surface area (Å²) in [4.78, 5) is 0. The van der Waals surface area contributed by atoms with Gasteiger partial charge in [0.1, 0.15) is 0 Å². The van der Waals surface area contributed by atoms with E-state index in [-0.39, 0.29) is 0 Å². The molecule has 0 heterocycles. The standard InChI is InChI=1S/C18H18N2/c19-16-11-10-15(18(20)12-16)9-8-14-6-3-5-13-4-1-2-7-17(13)14/h1-7,10-12H,8-9,19-20H2. The third-order valence-electron chi connectivity index (χ3n) is 3.71. The van der Waals surface area contributed by atoms with Gasteiger partial charge in [-0.05, 0) is 46.9 Å². The van der Waals surface area contributed by atoms with Crippen molar-refractivity contribution >= 4 is 22.1 Å². The molecule has 3 aromatic carbocycles. The Morgan fingerprint density at radius 1 is 0.700 bits per heavy atom. The molecule has 0 unspecified atom stereocenters. The molecule has 0 spiro atoms. The van der Waals surface area contributed by atoms with Gasteiger partial charge >= 0.3 is 0 Å². The second-order valence-electron chi connectivity index (χ2n) is 5.10. The van der Waals surface area contributed by atoms with Crippen LogP contribution in [-0.2, 0) is 12.8 Å². The molecule has 0 aromatic heterocycles. The van der Waals surface area contributed by atoms with E-state index >= 15 is 0 Å². The van der Waals surface area contributed by atoms with Crippen LogP contribution in [0.3, 0.4) is 0 Å². The zero-order chi connectivity index (χ0) is 13.9. The van der Waals surface area contributed by atoms with Gasteiger partial charge in [-0.3, -0.25) is 0 Å². The van der Waals surface area contributed by atoms with E-state index in [0.717, 1.165) is 29.8 Å². The maximum atomic E-state index is 6.02. The van der Waals surface area contributed by atoms with Crippen LogP contribution < -0.4 is 11.5 Å². The molecule has 2 nitrogen and oxygen atoms in total. The molecule has 4 N–H and O–H groups in total. The summed E-state index contributed by atoms with van der Waals surface area (Å²) in [5.41, 5.74) is 15.8. The zero-order valence-electron chi connectivity index (χ0n) is 11.3. The third-order valence-corrected chi connectivity index (χ3v) is 3.71. The van der Waals surface area contributed by atoms with Gasteiger partial charge in [0.05, 0.1) is 0 Å². The van der Waals surface area contributed by atoms with E-state index in [0.29, 0.717) is 0 Å². The highest BCUT2D eigenvalue weighted by atomic mass is 14.6. The van der Waals surface area contributed by atoms with Crippen LogP contribution in [0.2, 0.25) is 0 Å². The minimum absolute atomic E-state index is 0.719. The molecule has 0 bridgehead atoms. The summed E-state index contributed by atoms with van der Waals surface area (Å²) in [6.07, 6.45) is 1.91. The zero-order valence-corrected chi connectivity index (χ0v) is 11.3. The Balaban J connectivity index is 1.87. The van der Waals surface area contributed by atoms with Crippen molar-refractivity contribution in [2.24, 2.45) is 0 Å². The summed E-state index contributed by atoms with van der Waals surface area (Å²) in [5.74, 6) is 0. The maximum Gasteiger partial charge on any atom is 0.0367 e. The van der Waals surface area contributed by atoms with Crippen LogP contribution >= 0.6 is 0 Å². The van der Waals surface area contributed by atoms with Gasteiger partial charge in [0.15, 0.2) is 0 Å². The normalized spacial score (nSPS) is 10.8. The van der Waals surface area contributed by atoms with Crippen molar-refractivity contribution in [3.63, 3.8) is 0 Å². The molecule has 0 amide bonds. The van der Waals surface area contributed by atoms with Crippen LogP contribution in [0.1, 0.15) is 11.1 Å². The number of fused-ring (bicyclic) bond motifs is 1. The summed E-state index contributed by atoms with van der Waals surface area (Å²) in [7, 11) is 0. The number of nitrogen functional groups attached to an aromatic ring is 2. The maximum absolute atomic E-state index is 6.02. The molecule has 0 aliphatic heterocycles. The highest BCUT2D eigenvalue weighted by Crippen LogP contribution is 2.22. The minimum atomic E-state index is 0.719. The lowest BCUT2D eigenvalue weighted by molar-refractivity contribution is 0.972. The van der Waals surface area contributed by atoms with E-state index in [1.165, 1.54) is 16.3 Å². The highest BCUT2D eigenvalue weighted by molar-refractivity contribution is 5.85. The van der Waals surface area contributed by atoms with Crippen molar-refractivity contribution in [1.29, 1.82) is 0 Å². The average molecular weight is 262 g/mol. The summed E-state index contributed by atoms with van der Waals surface area (Å²) in [6.45, 7) is 0. The van der Waals surface area contributed by atoms with E-state index in [9.17, 15) is 0 Å². The summed E-state index contributed by atoms with van der Waals surface area (Å²) in [6, 6.07) is 20.7. The van der Waals surface area contributed by atoms with Gasteiger partial charge < -0.3 is 11.5 Å². The van der Waals surface area contributed by atoms with Crippen LogP contribution in [0.25, 0.3) is 10.8 Å². The Hall–Kier alpha value is -2.48. The molecule has 0 atom stereocenters. The number of hydrogen-bond donors (Lipinski definition) is 2. The molecular weight excluding hydrogens is 244 g/mol. The van der Waals surface area contributed by atoms with E-state index < -0.39 is 0 Å². The predicted octanol–water partition coefficient (Wildman–Crippen LogP) is 3.79. The number of anilines is 2. The lowest BCUT2D eigenvalue weighted by Gasteiger charge is -2.09.